The van der Waals surface area contributed by atoms with Gasteiger partial charge in [-0.15, -0.1) is 0 Å². The highest BCUT2D eigenvalue weighted by atomic mass is 19.4. The summed E-state index contributed by atoms with van der Waals surface area (Å²) in [5.74, 6) is -1.35. The lowest BCUT2D eigenvalue weighted by molar-refractivity contribution is -0.137. The fraction of sp³-hybridized carbons (Fsp3) is 0.0833. The van der Waals surface area contributed by atoms with Crippen LogP contribution in [0.15, 0.2) is 36.7 Å². The van der Waals surface area contributed by atoms with Crippen LogP contribution in [0.25, 0.3) is 11.3 Å². The average Bonchev–Trinajstić information content (AvgIpc) is 2.38. The zero-order chi connectivity index (χ0) is 14.0. The zero-order valence-electron chi connectivity index (χ0n) is 9.35. The second kappa shape index (κ2) is 4.68. The number of aromatic nitrogens is 2. The third-order valence-corrected chi connectivity index (χ3v) is 2.36. The van der Waals surface area contributed by atoms with Crippen LogP contribution in [0.2, 0.25) is 0 Å². The van der Waals surface area contributed by atoms with E-state index in [1.54, 1.807) is 0 Å². The number of carbonyl (C=O) groups is 1. The molecule has 0 amide bonds. The maximum atomic E-state index is 12.6. The topological polar surface area (TPSA) is 63.1 Å². The van der Waals surface area contributed by atoms with Crippen LogP contribution in [0.5, 0.6) is 0 Å². The highest BCUT2D eigenvalue weighted by molar-refractivity contribution is 5.92. The molecule has 0 saturated heterocycles. The molecular formula is C12H7F3N2O2. The molecule has 0 bridgehead atoms. The van der Waals surface area contributed by atoms with E-state index >= 15 is 0 Å². The summed E-state index contributed by atoms with van der Waals surface area (Å²) in [5, 5.41) is 8.93. The summed E-state index contributed by atoms with van der Waals surface area (Å²) in [6.45, 7) is 0. The quantitative estimate of drug-likeness (QED) is 0.909. The van der Waals surface area contributed by atoms with Gasteiger partial charge < -0.3 is 5.11 Å². The molecule has 4 nitrogen and oxygen atoms in total. The molecule has 98 valence electrons. The number of rotatable bonds is 2. The lowest BCUT2D eigenvalue weighted by atomic mass is 10.1. The van der Waals surface area contributed by atoms with Gasteiger partial charge in [-0.1, -0.05) is 12.1 Å². The molecule has 0 fully saturated rings. The van der Waals surface area contributed by atoms with Crippen LogP contribution in [-0.2, 0) is 6.18 Å². The molecule has 2 rings (SSSR count). The summed E-state index contributed by atoms with van der Waals surface area (Å²) >= 11 is 0. The van der Waals surface area contributed by atoms with Crippen molar-refractivity contribution in [1.82, 2.24) is 9.97 Å². The van der Waals surface area contributed by atoms with Crippen molar-refractivity contribution in [2.24, 2.45) is 0 Å². The highest BCUT2D eigenvalue weighted by Crippen LogP contribution is 2.32. The highest BCUT2D eigenvalue weighted by Gasteiger charge is 2.30. The van der Waals surface area contributed by atoms with E-state index in [4.69, 9.17) is 5.11 Å². The number of hydrogen-bond donors (Lipinski definition) is 1. The van der Waals surface area contributed by atoms with Crippen LogP contribution in [0.4, 0.5) is 13.2 Å². The van der Waals surface area contributed by atoms with Crippen molar-refractivity contribution in [2.45, 2.75) is 6.18 Å². The van der Waals surface area contributed by atoms with Gasteiger partial charge in [-0.25, -0.2) is 9.78 Å². The second-order valence-corrected chi connectivity index (χ2v) is 3.64. The monoisotopic (exact) mass is 268 g/mol. The van der Waals surface area contributed by atoms with Crippen molar-refractivity contribution < 1.29 is 23.1 Å². The van der Waals surface area contributed by atoms with Gasteiger partial charge in [0, 0.05) is 18.0 Å². The fourth-order valence-corrected chi connectivity index (χ4v) is 1.55. The normalized spacial score (nSPS) is 11.3. The molecule has 0 saturated carbocycles. The van der Waals surface area contributed by atoms with Gasteiger partial charge in [-0.05, 0) is 12.1 Å². The van der Waals surface area contributed by atoms with Gasteiger partial charge in [0.1, 0.15) is 5.69 Å². The third kappa shape index (κ3) is 2.70. The third-order valence-electron chi connectivity index (χ3n) is 2.36. The van der Waals surface area contributed by atoms with Gasteiger partial charge in [-0.3, -0.25) is 4.98 Å². The molecule has 19 heavy (non-hydrogen) atoms. The minimum absolute atomic E-state index is 0.0559. The molecule has 1 aromatic heterocycles. The van der Waals surface area contributed by atoms with Crippen molar-refractivity contribution in [3.05, 3.63) is 47.9 Å². The summed E-state index contributed by atoms with van der Waals surface area (Å²) in [6, 6.07) is 4.29. The number of benzene rings is 1. The summed E-state index contributed by atoms with van der Waals surface area (Å²) < 4.78 is 37.8. The van der Waals surface area contributed by atoms with E-state index in [0.29, 0.717) is 0 Å². The van der Waals surface area contributed by atoms with E-state index in [0.717, 1.165) is 12.1 Å². The van der Waals surface area contributed by atoms with E-state index in [1.807, 2.05) is 0 Å². The van der Waals surface area contributed by atoms with Crippen molar-refractivity contribution >= 4 is 5.97 Å². The van der Waals surface area contributed by atoms with Crippen LogP contribution in [0.1, 0.15) is 16.1 Å². The Balaban J connectivity index is 2.57. The largest absolute Gasteiger partial charge is 0.476 e. The average molecular weight is 268 g/mol. The number of hydrogen-bond acceptors (Lipinski definition) is 3. The number of aromatic carboxylic acids is 1. The molecule has 0 aliphatic rings. The summed E-state index contributed by atoms with van der Waals surface area (Å²) in [5.41, 5.74) is -1.30. The molecule has 0 unspecified atom stereocenters. The Hall–Kier alpha value is -2.44. The number of alkyl halides is 3. The first-order chi connectivity index (χ1) is 8.89. The Morgan fingerprint density at radius 3 is 2.47 bits per heavy atom. The van der Waals surface area contributed by atoms with Gasteiger partial charge in [-0.2, -0.15) is 13.2 Å². The minimum atomic E-state index is -4.50. The van der Waals surface area contributed by atoms with Gasteiger partial charge in [0.2, 0.25) is 0 Å². The van der Waals surface area contributed by atoms with Crippen LogP contribution in [-0.4, -0.2) is 21.0 Å². The predicted octanol–water partition coefficient (Wildman–Crippen LogP) is 2.86. The Labute approximate surface area is 105 Å². The van der Waals surface area contributed by atoms with E-state index in [-0.39, 0.29) is 17.0 Å². The van der Waals surface area contributed by atoms with Crippen molar-refractivity contribution in [3.63, 3.8) is 0 Å². The molecule has 1 N–H and O–H groups in total. The van der Waals surface area contributed by atoms with Crippen LogP contribution >= 0.6 is 0 Å². The van der Waals surface area contributed by atoms with Crippen LogP contribution in [0, 0.1) is 0 Å². The number of halogens is 3. The van der Waals surface area contributed by atoms with Gasteiger partial charge in [0.15, 0.2) is 5.69 Å². The molecule has 0 spiro atoms. The van der Waals surface area contributed by atoms with Crippen molar-refractivity contribution in [3.8, 4) is 11.3 Å². The number of carboxylic acids is 1. The van der Waals surface area contributed by atoms with E-state index in [1.165, 1.54) is 24.5 Å². The summed E-state index contributed by atoms with van der Waals surface area (Å²) in [4.78, 5) is 18.3. The van der Waals surface area contributed by atoms with Crippen LogP contribution < -0.4 is 0 Å². The maximum absolute atomic E-state index is 12.6. The Bertz CT molecular complexity index is 626. The lowest BCUT2D eigenvalue weighted by Crippen LogP contribution is -2.07. The fourth-order valence-electron chi connectivity index (χ4n) is 1.55. The summed E-state index contributed by atoms with van der Waals surface area (Å²) in [6.07, 6.45) is -2.11. The molecular weight excluding hydrogens is 261 g/mol. The van der Waals surface area contributed by atoms with Gasteiger partial charge in [0.05, 0.1) is 5.56 Å². The molecule has 0 aliphatic heterocycles. The molecule has 7 heteroatoms. The molecule has 2 aromatic rings. The SMILES string of the molecule is O=C(O)c1nccnc1-c1cccc(C(F)(F)F)c1. The lowest BCUT2D eigenvalue weighted by Gasteiger charge is -2.09. The number of carboxylic acid groups (broad SMARTS) is 1. The standard InChI is InChI=1S/C12H7F3N2O2/c13-12(14,15)8-3-1-2-7(6-8)9-10(11(18)19)17-5-4-16-9/h1-6H,(H,18,19). The van der Waals surface area contributed by atoms with Crippen LogP contribution in [0.3, 0.4) is 0 Å². The number of nitrogens with zero attached hydrogens (tertiary/aromatic N) is 2. The Morgan fingerprint density at radius 1 is 1.16 bits per heavy atom. The van der Waals surface area contributed by atoms with E-state index < -0.39 is 17.7 Å². The Morgan fingerprint density at radius 2 is 1.84 bits per heavy atom. The van der Waals surface area contributed by atoms with Crippen molar-refractivity contribution in [1.29, 1.82) is 0 Å². The molecule has 1 aromatic carbocycles. The zero-order valence-corrected chi connectivity index (χ0v) is 9.35. The summed E-state index contributed by atoms with van der Waals surface area (Å²) in [7, 11) is 0. The molecule has 1 heterocycles. The van der Waals surface area contributed by atoms with E-state index in [9.17, 15) is 18.0 Å². The predicted molar refractivity (Wildman–Crippen MR) is 59.4 cm³/mol. The Kier molecular flexibility index (Phi) is 3.20. The molecule has 0 aliphatic carbocycles. The first-order valence-corrected chi connectivity index (χ1v) is 5.11. The minimum Gasteiger partial charge on any atom is -0.476 e. The first-order valence-electron chi connectivity index (χ1n) is 5.11. The maximum Gasteiger partial charge on any atom is 0.416 e. The first kappa shape index (κ1) is 13.0. The smallest absolute Gasteiger partial charge is 0.416 e. The van der Waals surface area contributed by atoms with Gasteiger partial charge >= 0.3 is 12.1 Å². The molecule has 0 atom stereocenters. The van der Waals surface area contributed by atoms with E-state index in [2.05, 4.69) is 9.97 Å². The second-order valence-electron chi connectivity index (χ2n) is 3.64. The molecule has 0 radical (unpaired) electrons. The van der Waals surface area contributed by atoms with Gasteiger partial charge in [0.25, 0.3) is 0 Å². The van der Waals surface area contributed by atoms with Crippen molar-refractivity contribution in [2.75, 3.05) is 0 Å².